The molecule has 3 saturated heterocycles. The molecule has 1 atom stereocenters. The van der Waals surface area contributed by atoms with Crippen LogP contribution >= 0.6 is 7.75 Å². The summed E-state index contributed by atoms with van der Waals surface area (Å²) in [5.74, 6) is -1.90. The Morgan fingerprint density at radius 1 is 1.12 bits per heavy atom. The number of rotatable bonds is 5. The fourth-order valence-corrected chi connectivity index (χ4v) is 5.82. The fraction of sp³-hybridized carbons (Fsp3) is 0.600. The lowest BCUT2D eigenvalue weighted by molar-refractivity contribution is -0.119. The second-order valence-corrected chi connectivity index (χ2v) is 10.1. The zero-order valence-corrected chi connectivity index (χ0v) is 19.2. The van der Waals surface area contributed by atoms with Crippen LogP contribution in [0.2, 0.25) is 0 Å². The van der Waals surface area contributed by atoms with Gasteiger partial charge in [0.2, 0.25) is 5.91 Å². The summed E-state index contributed by atoms with van der Waals surface area (Å²) in [7, 11) is -3.39. The molecule has 3 aliphatic rings. The van der Waals surface area contributed by atoms with E-state index in [0.29, 0.717) is 13.2 Å². The predicted octanol–water partition coefficient (Wildman–Crippen LogP) is 2.48. The van der Waals surface area contributed by atoms with Gasteiger partial charge in [-0.3, -0.25) is 18.7 Å². The van der Waals surface area contributed by atoms with Gasteiger partial charge < -0.3 is 15.0 Å². The Morgan fingerprint density at radius 2 is 1.73 bits per heavy atom. The maximum Gasteiger partial charge on any atom is 0.414 e. The van der Waals surface area contributed by atoms with E-state index < -0.39 is 31.6 Å². The number of anilines is 2. The number of carbonyl (C=O) groups excluding carboxylic acids is 2. The Balaban J connectivity index is 1.42. The summed E-state index contributed by atoms with van der Waals surface area (Å²) >= 11 is 0. The molecule has 33 heavy (non-hydrogen) atoms. The van der Waals surface area contributed by atoms with Crippen LogP contribution < -0.4 is 15.1 Å². The molecule has 0 aliphatic carbocycles. The monoisotopic (exact) mass is 488 g/mol. The highest BCUT2D eigenvalue weighted by Gasteiger charge is 2.38. The van der Waals surface area contributed by atoms with E-state index in [1.807, 2.05) is 0 Å². The van der Waals surface area contributed by atoms with Gasteiger partial charge >= 0.3 is 13.8 Å². The van der Waals surface area contributed by atoms with Crippen LogP contribution in [0.4, 0.5) is 25.0 Å². The molecule has 1 aromatic carbocycles. The third-order valence-electron chi connectivity index (χ3n) is 5.73. The molecule has 3 heterocycles. The molecule has 1 N–H and O–H groups in total. The molecule has 1 unspecified atom stereocenters. The van der Waals surface area contributed by atoms with Crippen LogP contribution in [0.15, 0.2) is 12.1 Å². The summed E-state index contributed by atoms with van der Waals surface area (Å²) in [5.41, 5.74) is -0.172. The van der Waals surface area contributed by atoms with E-state index in [0.717, 1.165) is 29.9 Å². The van der Waals surface area contributed by atoms with Gasteiger partial charge in [-0.15, -0.1) is 0 Å². The molecule has 0 aromatic heterocycles. The highest BCUT2D eigenvalue weighted by Crippen LogP contribution is 2.53. The van der Waals surface area contributed by atoms with Crippen LogP contribution in [0.1, 0.15) is 19.8 Å². The number of carbonyl (C=O) groups is 2. The van der Waals surface area contributed by atoms with E-state index in [4.69, 9.17) is 13.8 Å². The van der Waals surface area contributed by atoms with Crippen LogP contribution in [0.25, 0.3) is 0 Å². The number of cyclic esters (lactones) is 1. The molecule has 2 amide bonds. The summed E-state index contributed by atoms with van der Waals surface area (Å²) in [6, 6.07) is 2.18. The molecule has 13 heteroatoms. The van der Waals surface area contributed by atoms with Crippen LogP contribution in [0, 0.1) is 11.6 Å². The first kappa shape index (κ1) is 23.9. The maximum atomic E-state index is 15.0. The molecular weight excluding hydrogens is 461 g/mol. The largest absolute Gasteiger partial charge is 0.442 e. The minimum Gasteiger partial charge on any atom is -0.442 e. The molecule has 3 aliphatic heterocycles. The van der Waals surface area contributed by atoms with Crippen molar-refractivity contribution in [2.24, 2.45) is 0 Å². The third-order valence-corrected chi connectivity index (χ3v) is 7.84. The zero-order chi connectivity index (χ0) is 23.6. The van der Waals surface area contributed by atoms with Gasteiger partial charge in [0.25, 0.3) is 0 Å². The van der Waals surface area contributed by atoms with Crippen molar-refractivity contribution in [3.8, 4) is 0 Å². The quantitative estimate of drug-likeness (QED) is 0.632. The lowest BCUT2D eigenvalue weighted by Crippen LogP contribution is -2.46. The van der Waals surface area contributed by atoms with Crippen molar-refractivity contribution in [1.82, 2.24) is 9.99 Å². The van der Waals surface area contributed by atoms with Crippen molar-refractivity contribution in [1.29, 1.82) is 0 Å². The van der Waals surface area contributed by atoms with Crippen LogP contribution in [-0.4, -0.2) is 75.3 Å². The predicted molar refractivity (Wildman–Crippen MR) is 115 cm³/mol. The van der Waals surface area contributed by atoms with Gasteiger partial charge in [-0.1, -0.05) is 0 Å². The first-order valence-electron chi connectivity index (χ1n) is 10.9. The second-order valence-electron chi connectivity index (χ2n) is 8.09. The molecular formula is C20H27F2N4O6P. The van der Waals surface area contributed by atoms with E-state index in [1.165, 1.54) is 11.8 Å². The van der Waals surface area contributed by atoms with Crippen molar-refractivity contribution < 1.29 is 36.7 Å². The Kier molecular flexibility index (Phi) is 7.18. The highest BCUT2D eigenvalue weighted by atomic mass is 31.2. The number of halogens is 2. The summed E-state index contributed by atoms with van der Waals surface area (Å²) in [4.78, 5) is 25.9. The van der Waals surface area contributed by atoms with E-state index >= 15 is 0 Å². The second kappa shape index (κ2) is 9.92. The standard InChI is InChI=1S/C20H27F2N4O6P/c1-14(27)23-12-16-13-26(20(28)32-16)15-10-17(21)19(18(22)11-15)24-4-6-25(7-5-24)33(29)30-8-2-3-9-31-33/h10-11,16H,2-9,12-13H2,1H3,(H,23,27). The number of nitrogens with one attached hydrogen (secondary N) is 1. The lowest BCUT2D eigenvalue weighted by Gasteiger charge is -2.38. The van der Waals surface area contributed by atoms with Crippen molar-refractivity contribution in [3.05, 3.63) is 23.8 Å². The SMILES string of the molecule is CC(=O)NCC1CN(c2cc(F)c(N3CCN(P4(=O)OCCCCO4)CC3)c(F)c2)C(=O)O1. The Labute approximate surface area is 190 Å². The van der Waals surface area contributed by atoms with Crippen LogP contribution in [-0.2, 0) is 23.1 Å². The molecule has 10 nitrogen and oxygen atoms in total. The summed E-state index contributed by atoms with van der Waals surface area (Å²) in [5, 5.41) is 2.55. The van der Waals surface area contributed by atoms with Crippen molar-refractivity contribution >= 4 is 31.1 Å². The Morgan fingerprint density at radius 3 is 2.30 bits per heavy atom. The van der Waals surface area contributed by atoms with Gasteiger partial charge in [0.1, 0.15) is 11.8 Å². The summed E-state index contributed by atoms with van der Waals surface area (Å²) in [6.45, 7) is 3.21. The topological polar surface area (TPSA) is 101 Å². The Bertz CT molecular complexity index is 923. The number of piperazine rings is 1. The summed E-state index contributed by atoms with van der Waals surface area (Å²) in [6.07, 6.45) is 0.186. The smallest absolute Gasteiger partial charge is 0.414 e. The minimum absolute atomic E-state index is 0.0346. The number of ether oxygens (including phenoxy) is 1. The van der Waals surface area contributed by atoms with Crippen molar-refractivity contribution in [3.63, 3.8) is 0 Å². The van der Waals surface area contributed by atoms with E-state index in [2.05, 4.69) is 5.32 Å². The molecule has 1 aromatic rings. The molecule has 0 saturated carbocycles. The molecule has 4 rings (SSSR count). The number of nitrogens with zero attached hydrogens (tertiary/aromatic N) is 3. The van der Waals surface area contributed by atoms with Gasteiger partial charge in [0.15, 0.2) is 11.6 Å². The average molecular weight is 488 g/mol. The van der Waals surface area contributed by atoms with E-state index in [9.17, 15) is 22.9 Å². The normalized spacial score (nSPS) is 23.8. The summed E-state index contributed by atoms with van der Waals surface area (Å²) < 4.78 is 60.6. The lowest BCUT2D eigenvalue weighted by atomic mass is 10.2. The van der Waals surface area contributed by atoms with Crippen LogP contribution in [0.3, 0.4) is 0 Å². The average Bonchev–Trinajstić information content (AvgIpc) is 3.00. The molecule has 0 radical (unpaired) electrons. The van der Waals surface area contributed by atoms with Crippen molar-refractivity contribution in [2.75, 3.05) is 62.3 Å². The zero-order valence-electron chi connectivity index (χ0n) is 18.3. The molecule has 3 fully saturated rings. The molecule has 0 bridgehead atoms. The van der Waals surface area contributed by atoms with E-state index in [-0.39, 0.29) is 56.6 Å². The van der Waals surface area contributed by atoms with Gasteiger partial charge in [-0.25, -0.2) is 22.8 Å². The van der Waals surface area contributed by atoms with Crippen molar-refractivity contribution in [2.45, 2.75) is 25.9 Å². The molecule has 0 spiro atoms. The number of hydrogen-bond donors (Lipinski definition) is 1. The van der Waals surface area contributed by atoms with Gasteiger partial charge in [0, 0.05) is 45.2 Å². The fourth-order valence-electron chi connectivity index (χ4n) is 4.04. The van der Waals surface area contributed by atoms with Gasteiger partial charge in [-0.05, 0) is 12.8 Å². The van der Waals surface area contributed by atoms with Gasteiger partial charge in [0.05, 0.1) is 32.0 Å². The first-order chi connectivity index (χ1) is 15.8. The highest BCUT2D eigenvalue weighted by molar-refractivity contribution is 7.51. The first-order valence-corrected chi connectivity index (χ1v) is 12.4. The number of hydrogen-bond acceptors (Lipinski definition) is 7. The molecule has 182 valence electrons. The van der Waals surface area contributed by atoms with Crippen LogP contribution in [0.5, 0.6) is 0 Å². The number of benzene rings is 1. The Hall–Kier alpha value is -2.27. The number of amides is 2. The third kappa shape index (κ3) is 5.29. The van der Waals surface area contributed by atoms with E-state index in [1.54, 1.807) is 4.67 Å². The maximum absolute atomic E-state index is 15.0. The van der Waals surface area contributed by atoms with Gasteiger partial charge in [-0.2, -0.15) is 0 Å². The minimum atomic E-state index is -3.39.